The van der Waals surface area contributed by atoms with Gasteiger partial charge in [0.2, 0.25) is 10.0 Å². The largest absolute Gasteiger partial charge is 0.265 e. The molecule has 22 heavy (non-hydrogen) atoms. The average molecular weight is 318 g/mol. The summed E-state index contributed by atoms with van der Waals surface area (Å²) in [4.78, 5) is 4.39. The predicted molar refractivity (Wildman–Crippen MR) is 88.3 cm³/mol. The van der Waals surface area contributed by atoms with Crippen LogP contribution in [-0.2, 0) is 16.6 Å². The van der Waals surface area contributed by atoms with Gasteiger partial charge < -0.3 is 0 Å². The van der Waals surface area contributed by atoms with Crippen LogP contribution >= 0.6 is 0 Å². The first-order valence-corrected chi connectivity index (χ1v) is 8.61. The molecular formula is C17H22N2O2S. The highest BCUT2D eigenvalue weighted by Gasteiger charge is 2.26. The summed E-state index contributed by atoms with van der Waals surface area (Å²) in [5, 5.41) is 0. The van der Waals surface area contributed by atoms with Crippen molar-refractivity contribution in [2.24, 2.45) is 0 Å². The third-order valence-electron chi connectivity index (χ3n) is 4.12. The third-order valence-corrected chi connectivity index (χ3v) is 6.20. The van der Waals surface area contributed by atoms with Crippen molar-refractivity contribution in [3.05, 3.63) is 58.4 Å². The Balaban J connectivity index is 2.47. The van der Waals surface area contributed by atoms with Crippen molar-refractivity contribution < 1.29 is 8.42 Å². The lowest BCUT2D eigenvalue weighted by Crippen LogP contribution is -2.28. The highest BCUT2D eigenvalue weighted by Crippen LogP contribution is 2.28. The van der Waals surface area contributed by atoms with Crippen LogP contribution in [0.4, 0.5) is 0 Å². The summed E-state index contributed by atoms with van der Waals surface area (Å²) < 4.78 is 27.4. The van der Waals surface area contributed by atoms with E-state index in [1.54, 1.807) is 19.4 Å². The molecule has 2 rings (SSSR count). The minimum Gasteiger partial charge on any atom is -0.265 e. The van der Waals surface area contributed by atoms with Crippen molar-refractivity contribution in [1.82, 2.24) is 9.29 Å². The lowest BCUT2D eigenvalue weighted by Gasteiger charge is -2.22. The Kier molecular flexibility index (Phi) is 4.68. The number of benzene rings is 1. The summed E-state index contributed by atoms with van der Waals surface area (Å²) in [6, 6.07) is 5.69. The number of hydrogen-bond donors (Lipinski definition) is 0. The van der Waals surface area contributed by atoms with Crippen LogP contribution in [0.2, 0.25) is 0 Å². The zero-order valence-electron chi connectivity index (χ0n) is 13.7. The highest BCUT2D eigenvalue weighted by molar-refractivity contribution is 7.89. The van der Waals surface area contributed by atoms with Gasteiger partial charge in [0.05, 0.1) is 4.90 Å². The zero-order chi connectivity index (χ0) is 16.5. The van der Waals surface area contributed by atoms with Gasteiger partial charge >= 0.3 is 0 Å². The number of hydrogen-bond acceptors (Lipinski definition) is 3. The van der Waals surface area contributed by atoms with E-state index in [0.29, 0.717) is 11.4 Å². The quantitative estimate of drug-likeness (QED) is 0.870. The molecule has 1 heterocycles. The number of aromatic nitrogens is 1. The van der Waals surface area contributed by atoms with E-state index in [9.17, 15) is 8.42 Å². The van der Waals surface area contributed by atoms with Crippen LogP contribution in [0.5, 0.6) is 0 Å². The minimum absolute atomic E-state index is 0.330. The molecule has 0 fully saturated rings. The van der Waals surface area contributed by atoms with E-state index in [1.165, 1.54) is 4.31 Å². The monoisotopic (exact) mass is 318 g/mol. The molecule has 0 atom stereocenters. The van der Waals surface area contributed by atoms with Crippen molar-refractivity contribution in [2.75, 3.05) is 7.05 Å². The second kappa shape index (κ2) is 6.18. The van der Waals surface area contributed by atoms with Gasteiger partial charge in [-0.2, -0.15) is 4.31 Å². The number of sulfonamides is 1. The summed E-state index contributed by atoms with van der Waals surface area (Å²) in [6.45, 7) is 7.97. The second-order valence-electron chi connectivity index (χ2n) is 5.71. The van der Waals surface area contributed by atoms with Crippen LogP contribution in [0.15, 0.2) is 35.5 Å². The van der Waals surface area contributed by atoms with Gasteiger partial charge in [0.1, 0.15) is 0 Å². The average Bonchev–Trinajstić information content (AvgIpc) is 2.46. The lowest BCUT2D eigenvalue weighted by molar-refractivity contribution is 0.465. The summed E-state index contributed by atoms with van der Waals surface area (Å²) in [6.07, 6.45) is 3.34. The maximum Gasteiger partial charge on any atom is 0.243 e. The summed E-state index contributed by atoms with van der Waals surface area (Å²) in [7, 11) is -1.91. The van der Waals surface area contributed by atoms with E-state index in [4.69, 9.17) is 0 Å². The normalized spacial score (nSPS) is 11.9. The van der Waals surface area contributed by atoms with Crippen LogP contribution in [0, 0.1) is 27.7 Å². The number of rotatable bonds is 4. The molecule has 0 aliphatic heterocycles. The van der Waals surface area contributed by atoms with E-state index >= 15 is 0 Å². The van der Waals surface area contributed by atoms with E-state index in [0.717, 1.165) is 27.8 Å². The molecule has 0 unspecified atom stereocenters. The van der Waals surface area contributed by atoms with Gasteiger partial charge in [-0.3, -0.25) is 4.98 Å². The molecule has 4 nitrogen and oxygen atoms in total. The topological polar surface area (TPSA) is 50.3 Å². The standard InChI is InChI=1S/C17H22N2O2S/c1-12-10-13(2)15(4)17(14(12)3)22(20,21)19(5)11-16-6-8-18-9-7-16/h6-10H,11H2,1-5H3. The smallest absolute Gasteiger partial charge is 0.243 e. The van der Waals surface area contributed by atoms with Gasteiger partial charge in [-0.05, 0) is 67.6 Å². The van der Waals surface area contributed by atoms with Gasteiger partial charge in [0.25, 0.3) is 0 Å². The van der Waals surface area contributed by atoms with Crippen molar-refractivity contribution in [1.29, 1.82) is 0 Å². The molecule has 0 aliphatic rings. The molecule has 0 saturated carbocycles. The van der Waals surface area contributed by atoms with Crippen molar-refractivity contribution in [3.8, 4) is 0 Å². The summed E-state index contributed by atoms with van der Waals surface area (Å²) >= 11 is 0. The van der Waals surface area contributed by atoms with Gasteiger partial charge in [-0.15, -0.1) is 0 Å². The maximum atomic E-state index is 13.0. The molecular weight excluding hydrogens is 296 g/mol. The van der Waals surface area contributed by atoms with Gasteiger partial charge in [0.15, 0.2) is 0 Å². The molecule has 5 heteroatoms. The van der Waals surface area contributed by atoms with E-state index < -0.39 is 10.0 Å². The Morgan fingerprint density at radius 1 is 1.00 bits per heavy atom. The molecule has 0 N–H and O–H groups in total. The van der Waals surface area contributed by atoms with Crippen molar-refractivity contribution in [3.63, 3.8) is 0 Å². The Labute approximate surface area is 132 Å². The van der Waals surface area contributed by atoms with Crippen molar-refractivity contribution >= 4 is 10.0 Å². The van der Waals surface area contributed by atoms with E-state index in [1.807, 2.05) is 45.9 Å². The van der Waals surface area contributed by atoms with Gasteiger partial charge in [-0.25, -0.2) is 8.42 Å². The zero-order valence-corrected chi connectivity index (χ0v) is 14.5. The predicted octanol–water partition coefficient (Wildman–Crippen LogP) is 3.14. The first-order valence-electron chi connectivity index (χ1n) is 7.17. The highest BCUT2D eigenvalue weighted by atomic mass is 32.2. The molecule has 0 spiro atoms. The van der Waals surface area contributed by atoms with Crippen LogP contribution in [0.25, 0.3) is 0 Å². The Bertz CT molecular complexity index is 758. The maximum absolute atomic E-state index is 13.0. The Hall–Kier alpha value is -1.72. The number of nitrogens with zero attached hydrogens (tertiary/aromatic N) is 2. The molecule has 0 bridgehead atoms. The Morgan fingerprint density at radius 3 is 2.00 bits per heavy atom. The van der Waals surface area contributed by atoms with Crippen molar-refractivity contribution in [2.45, 2.75) is 39.1 Å². The molecule has 2 aromatic rings. The van der Waals surface area contributed by atoms with Crippen LogP contribution in [0.3, 0.4) is 0 Å². The molecule has 0 amide bonds. The second-order valence-corrected chi connectivity index (χ2v) is 7.69. The van der Waals surface area contributed by atoms with Gasteiger partial charge in [0, 0.05) is 26.0 Å². The number of aryl methyl sites for hydroxylation is 2. The molecule has 0 saturated heterocycles. The fraction of sp³-hybridized carbons (Fsp3) is 0.353. The fourth-order valence-electron chi connectivity index (χ4n) is 2.55. The first-order chi connectivity index (χ1) is 10.2. The fourth-order valence-corrected chi connectivity index (χ4v) is 4.28. The summed E-state index contributed by atoms with van der Waals surface area (Å²) in [5.74, 6) is 0. The SMILES string of the molecule is Cc1cc(C)c(C)c(S(=O)(=O)N(C)Cc2ccncc2)c1C. The van der Waals surface area contributed by atoms with E-state index in [-0.39, 0.29) is 0 Å². The first kappa shape index (κ1) is 16.6. The lowest BCUT2D eigenvalue weighted by atomic mass is 10.0. The molecule has 0 aliphatic carbocycles. The van der Waals surface area contributed by atoms with E-state index in [2.05, 4.69) is 4.98 Å². The molecule has 1 aromatic carbocycles. The van der Waals surface area contributed by atoms with Gasteiger partial charge in [-0.1, -0.05) is 6.07 Å². The number of pyridine rings is 1. The molecule has 0 radical (unpaired) electrons. The molecule has 118 valence electrons. The van der Waals surface area contributed by atoms with Crippen LogP contribution < -0.4 is 0 Å². The van der Waals surface area contributed by atoms with Crippen LogP contribution in [-0.4, -0.2) is 24.8 Å². The molecule has 1 aromatic heterocycles. The Morgan fingerprint density at radius 2 is 1.50 bits per heavy atom. The summed E-state index contributed by atoms with van der Waals surface area (Å²) in [5.41, 5.74) is 4.56. The van der Waals surface area contributed by atoms with Crippen LogP contribution in [0.1, 0.15) is 27.8 Å². The third kappa shape index (κ3) is 3.05. The minimum atomic E-state index is -3.53.